The normalized spacial score (nSPS) is 16.2. The van der Waals surface area contributed by atoms with Crippen LogP contribution in [0.5, 0.6) is 0 Å². The molecular weight excluding hydrogens is 333 g/mol. The van der Waals surface area contributed by atoms with Crippen molar-refractivity contribution < 1.29 is 14.3 Å². The average Bonchev–Trinajstić information content (AvgIpc) is 2.62. The van der Waals surface area contributed by atoms with E-state index in [2.05, 4.69) is 28.7 Å². The van der Waals surface area contributed by atoms with Crippen molar-refractivity contribution in [2.75, 3.05) is 13.1 Å². The minimum atomic E-state index is -1.10. The van der Waals surface area contributed by atoms with Gasteiger partial charge in [-0.05, 0) is 70.3 Å². The minimum absolute atomic E-state index is 0.0306. The Morgan fingerprint density at radius 1 is 1.31 bits per heavy atom. The van der Waals surface area contributed by atoms with Gasteiger partial charge in [0, 0.05) is 17.8 Å². The standard InChI is InChI=1S/C20H24FN3O2/c1-13(2)24-7-5-14(6-8-24)9-16-11-22-12-19(23-16)18-10-15(21)3-4-17(18)20(25)26/h3-4,10-14H,5-9H2,1-2H3,(H,25,26). The number of hydrogen-bond donors (Lipinski definition) is 1. The van der Waals surface area contributed by atoms with Gasteiger partial charge in [-0.15, -0.1) is 0 Å². The molecule has 1 aromatic heterocycles. The molecule has 0 unspecified atom stereocenters. The molecular formula is C20H24FN3O2. The highest BCUT2D eigenvalue weighted by Gasteiger charge is 2.22. The number of rotatable bonds is 5. The van der Waals surface area contributed by atoms with E-state index in [1.54, 1.807) is 6.20 Å². The lowest BCUT2D eigenvalue weighted by Crippen LogP contribution is -2.38. The molecule has 5 nitrogen and oxygen atoms in total. The monoisotopic (exact) mass is 357 g/mol. The summed E-state index contributed by atoms with van der Waals surface area (Å²) >= 11 is 0. The second-order valence-corrected chi connectivity index (χ2v) is 7.17. The predicted octanol–water partition coefficient (Wildman–Crippen LogP) is 3.64. The molecule has 1 saturated heterocycles. The Balaban J connectivity index is 1.78. The fourth-order valence-corrected chi connectivity index (χ4v) is 3.52. The number of piperidine rings is 1. The number of benzene rings is 1. The Hall–Kier alpha value is -2.34. The average molecular weight is 357 g/mol. The van der Waals surface area contributed by atoms with Crippen molar-refractivity contribution in [2.24, 2.45) is 5.92 Å². The summed E-state index contributed by atoms with van der Waals surface area (Å²) in [6.45, 7) is 6.60. The molecule has 26 heavy (non-hydrogen) atoms. The van der Waals surface area contributed by atoms with E-state index >= 15 is 0 Å². The SMILES string of the molecule is CC(C)N1CCC(Cc2cncc(-c3cc(F)ccc3C(=O)O)n2)CC1. The topological polar surface area (TPSA) is 66.3 Å². The molecule has 0 atom stereocenters. The van der Waals surface area contributed by atoms with Crippen LogP contribution in [0.3, 0.4) is 0 Å². The number of halogens is 1. The van der Waals surface area contributed by atoms with Gasteiger partial charge in [0.15, 0.2) is 0 Å². The van der Waals surface area contributed by atoms with Crippen LogP contribution in [0, 0.1) is 11.7 Å². The number of hydrogen-bond acceptors (Lipinski definition) is 4. The molecule has 0 amide bonds. The zero-order chi connectivity index (χ0) is 18.7. The molecule has 2 aromatic rings. The number of carboxylic acids is 1. The van der Waals surface area contributed by atoms with Gasteiger partial charge in [0.05, 0.1) is 23.1 Å². The summed E-state index contributed by atoms with van der Waals surface area (Å²) in [5, 5.41) is 9.34. The molecule has 0 spiro atoms. The van der Waals surface area contributed by atoms with Crippen molar-refractivity contribution in [2.45, 2.75) is 39.2 Å². The van der Waals surface area contributed by atoms with Crippen LogP contribution in [-0.2, 0) is 6.42 Å². The van der Waals surface area contributed by atoms with Crippen molar-refractivity contribution in [1.29, 1.82) is 0 Å². The van der Waals surface area contributed by atoms with Gasteiger partial charge >= 0.3 is 5.97 Å². The van der Waals surface area contributed by atoms with Crippen molar-refractivity contribution in [3.63, 3.8) is 0 Å². The number of nitrogens with zero attached hydrogens (tertiary/aromatic N) is 3. The van der Waals surface area contributed by atoms with Crippen LogP contribution in [0.2, 0.25) is 0 Å². The summed E-state index contributed by atoms with van der Waals surface area (Å²) in [6.07, 6.45) is 6.25. The van der Waals surface area contributed by atoms with Gasteiger partial charge < -0.3 is 10.0 Å². The van der Waals surface area contributed by atoms with E-state index in [1.807, 2.05) is 0 Å². The Bertz CT molecular complexity index is 786. The van der Waals surface area contributed by atoms with Gasteiger partial charge in [-0.2, -0.15) is 0 Å². The van der Waals surface area contributed by atoms with Crippen LogP contribution in [0.25, 0.3) is 11.3 Å². The van der Waals surface area contributed by atoms with Crippen molar-refractivity contribution in [3.8, 4) is 11.3 Å². The second kappa shape index (κ2) is 7.91. The zero-order valence-electron chi connectivity index (χ0n) is 15.2. The Labute approximate surface area is 152 Å². The minimum Gasteiger partial charge on any atom is -0.478 e. The fourth-order valence-electron chi connectivity index (χ4n) is 3.52. The predicted molar refractivity (Wildman–Crippen MR) is 97.5 cm³/mol. The molecule has 0 bridgehead atoms. The smallest absolute Gasteiger partial charge is 0.336 e. The highest BCUT2D eigenvalue weighted by molar-refractivity contribution is 5.95. The van der Waals surface area contributed by atoms with Crippen molar-refractivity contribution in [1.82, 2.24) is 14.9 Å². The third-order valence-electron chi connectivity index (χ3n) is 5.05. The molecule has 3 rings (SSSR count). The molecule has 2 heterocycles. The van der Waals surface area contributed by atoms with Gasteiger partial charge in [0.25, 0.3) is 0 Å². The number of carboxylic acid groups (broad SMARTS) is 1. The first-order valence-corrected chi connectivity index (χ1v) is 9.02. The van der Waals surface area contributed by atoms with Crippen molar-refractivity contribution in [3.05, 3.63) is 47.7 Å². The largest absolute Gasteiger partial charge is 0.478 e. The quantitative estimate of drug-likeness (QED) is 0.885. The Kier molecular flexibility index (Phi) is 5.61. The first-order chi connectivity index (χ1) is 12.4. The first-order valence-electron chi connectivity index (χ1n) is 9.02. The van der Waals surface area contributed by atoms with Crippen LogP contribution in [0.15, 0.2) is 30.6 Å². The van der Waals surface area contributed by atoms with Crippen LogP contribution >= 0.6 is 0 Å². The number of likely N-dealkylation sites (tertiary alicyclic amines) is 1. The molecule has 1 fully saturated rings. The lowest BCUT2D eigenvalue weighted by atomic mass is 9.91. The third-order valence-corrected chi connectivity index (χ3v) is 5.05. The van der Waals surface area contributed by atoms with Gasteiger partial charge in [-0.1, -0.05) is 0 Å². The summed E-state index contributed by atoms with van der Waals surface area (Å²) < 4.78 is 13.6. The molecule has 6 heteroatoms. The summed E-state index contributed by atoms with van der Waals surface area (Å²) in [7, 11) is 0. The van der Waals surface area contributed by atoms with E-state index in [0.717, 1.165) is 44.1 Å². The molecule has 1 aromatic carbocycles. The van der Waals surface area contributed by atoms with E-state index in [0.29, 0.717) is 17.7 Å². The highest BCUT2D eigenvalue weighted by atomic mass is 19.1. The highest BCUT2D eigenvalue weighted by Crippen LogP contribution is 2.25. The molecule has 0 aliphatic carbocycles. The van der Waals surface area contributed by atoms with Crippen LogP contribution in [0.1, 0.15) is 42.7 Å². The Morgan fingerprint density at radius 2 is 2.04 bits per heavy atom. The van der Waals surface area contributed by atoms with E-state index in [-0.39, 0.29) is 11.1 Å². The van der Waals surface area contributed by atoms with Crippen LogP contribution in [-0.4, -0.2) is 45.1 Å². The first kappa shape index (κ1) is 18.5. The van der Waals surface area contributed by atoms with Gasteiger partial charge in [-0.3, -0.25) is 4.98 Å². The van der Waals surface area contributed by atoms with E-state index in [4.69, 9.17) is 0 Å². The summed E-state index contributed by atoms with van der Waals surface area (Å²) in [5.41, 5.74) is 1.52. The summed E-state index contributed by atoms with van der Waals surface area (Å²) in [5.74, 6) is -1.05. The van der Waals surface area contributed by atoms with E-state index < -0.39 is 11.8 Å². The maximum absolute atomic E-state index is 13.6. The number of carbonyl (C=O) groups is 1. The lowest BCUT2D eigenvalue weighted by molar-refractivity contribution is 0.0697. The maximum atomic E-state index is 13.6. The van der Waals surface area contributed by atoms with Crippen molar-refractivity contribution >= 4 is 5.97 Å². The molecule has 138 valence electrons. The number of aromatic carboxylic acids is 1. The molecule has 1 aliphatic rings. The van der Waals surface area contributed by atoms with Crippen LogP contribution in [0.4, 0.5) is 4.39 Å². The molecule has 0 radical (unpaired) electrons. The summed E-state index contributed by atoms with van der Waals surface area (Å²) in [6, 6.07) is 4.19. The maximum Gasteiger partial charge on any atom is 0.336 e. The molecule has 0 saturated carbocycles. The van der Waals surface area contributed by atoms with E-state index in [9.17, 15) is 14.3 Å². The Morgan fingerprint density at radius 3 is 2.69 bits per heavy atom. The van der Waals surface area contributed by atoms with E-state index in [1.165, 1.54) is 18.3 Å². The van der Waals surface area contributed by atoms with Gasteiger partial charge in [-0.25, -0.2) is 14.2 Å². The zero-order valence-corrected chi connectivity index (χ0v) is 15.2. The lowest BCUT2D eigenvalue weighted by Gasteiger charge is -2.34. The fraction of sp³-hybridized carbons (Fsp3) is 0.450. The number of aromatic nitrogens is 2. The van der Waals surface area contributed by atoms with Gasteiger partial charge in [0.1, 0.15) is 5.82 Å². The summed E-state index contributed by atoms with van der Waals surface area (Å²) in [4.78, 5) is 22.7. The second-order valence-electron chi connectivity index (χ2n) is 7.17. The molecule has 1 aliphatic heterocycles. The van der Waals surface area contributed by atoms with Gasteiger partial charge in [0.2, 0.25) is 0 Å². The molecule has 1 N–H and O–H groups in total. The third kappa shape index (κ3) is 4.25. The van der Waals surface area contributed by atoms with Crippen LogP contribution < -0.4 is 0 Å².